The monoisotopic (exact) mass is 494 g/mol. The predicted molar refractivity (Wildman–Crippen MR) is 129 cm³/mol. The highest BCUT2D eigenvalue weighted by Crippen LogP contribution is 2.46. The van der Waals surface area contributed by atoms with Gasteiger partial charge in [-0.15, -0.1) is 0 Å². The van der Waals surface area contributed by atoms with Crippen LogP contribution in [0.2, 0.25) is 0 Å². The molecule has 1 aliphatic heterocycles. The summed E-state index contributed by atoms with van der Waals surface area (Å²) in [7, 11) is 0. The van der Waals surface area contributed by atoms with Crippen LogP contribution in [0.1, 0.15) is 70.2 Å². The van der Waals surface area contributed by atoms with Crippen LogP contribution >= 0.6 is 0 Å². The van der Waals surface area contributed by atoms with Crippen molar-refractivity contribution in [3.63, 3.8) is 0 Å². The average Bonchev–Trinajstić information content (AvgIpc) is 3.38. The highest BCUT2D eigenvalue weighted by atomic mass is 19.4. The molecule has 0 spiro atoms. The molecule has 0 aliphatic carbocycles. The van der Waals surface area contributed by atoms with E-state index in [9.17, 15) is 22.7 Å². The average molecular weight is 495 g/mol. The molecular weight excluding hydrogens is 460 g/mol. The summed E-state index contributed by atoms with van der Waals surface area (Å²) in [6.45, 7) is 7.91. The molecule has 0 amide bonds. The van der Waals surface area contributed by atoms with Crippen LogP contribution in [0, 0.1) is 5.82 Å². The number of hydrogen-bond donors (Lipinski definition) is 2. The predicted octanol–water partition coefficient (Wildman–Crippen LogP) is 7.04. The molecule has 192 valence electrons. The first-order valence-corrected chi connectivity index (χ1v) is 12.1. The van der Waals surface area contributed by atoms with Crippen LogP contribution in [0.3, 0.4) is 0 Å². The summed E-state index contributed by atoms with van der Waals surface area (Å²) in [6.07, 6.45) is 1.43. The minimum absolute atomic E-state index is 0.245. The summed E-state index contributed by atoms with van der Waals surface area (Å²) in [5.74, 6) is -0.108. The van der Waals surface area contributed by atoms with Crippen LogP contribution in [0.4, 0.5) is 17.6 Å². The molecule has 2 aromatic heterocycles. The highest BCUT2D eigenvalue weighted by Gasteiger charge is 2.56. The van der Waals surface area contributed by atoms with Crippen LogP contribution < -0.4 is 4.74 Å². The fraction of sp³-hybridized carbons (Fsp3) is 0.519. The van der Waals surface area contributed by atoms with Gasteiger partial charge in [-0.05, 0) is 36.1 Å². The zero-order valence-corrected chi connectivity index (χ0v) is 20.7. The molecule has 8 heteroatoms. The number of hydrogen-bond acceptors (Lipinski definition) is 3. The fourth-order valence-electron chi connectivity index (χ4n) is 4.66. The minimum atomic E-state index is -4.89. The number of aromatic nitrogens is 2. The van der Waals surface area contributed by atoms with E-state index in [0.29, 0.717) is 40.8 Å². The molecule has 35 heavy (non-hydrogen) atoms. The van der Waals surface area contributed by atoms with Gasteiger partial charge in [0, 0.05) is 41.2 Å². The Bertz CT molecular complexity index is 1100. The summed E-state index contributed by atoms with van der Waals surface area (Å²) in [5, 5.41) is 11.6. The Hall–Kier alpha value is -2.61. The van der Waals surface area contributed by atoms with Gasteiger partial charge >= 0.3 is 6.18 Å². The van der Waals surface area contributed by atoms with Crippen molar-refractivity contribution in [3.8, 4) is 5.75 Å². The van der Waals surface area contributed by atoms with Gasteiger partial charge in [0.25, 0.3) is 0 Å². The number of alkyl halides is 3. The lowest BCUT2D eigenvalue weighted by atomic mass is 9.72. The maximum atomic E-state index is 14.1. The lowest BCUT2D eigenvalue weighted by Gasteiger charge is -2.38. The van der Waals surface area contributed by atoms with Crippen LogP contribution in [0.5, 0.6) is 5.75 Å². The van der Waals surface area contributed by atoms with E-state index in [0.717, 1.165) is 0 Å². The van der Waals surface area contributed by atoms with Gasteiger partial charge in [0.2, 0.25) is 0 Å². The van der Waals surface area contributed by atoms with Crippen molar-refractivity contribution in [1.82, 2.24) is 9.97 Å². The quantitative estimate of drug-likeness (QED) is 0.347. The minimum Gasteiger partial charge on any atom is -0.493 e. The number of benzene rings is 1. The number of pyridine rings is 1. The Morgan fingerprint density at radius 2 is 1.83 bits per heavy atom. The van der Waals surface area contributed by atoms with E-state index < -0.39 is 35.9 Å². The smallest absolute Gasteiger partial charge is 0.417 e. The molecule has 0 saturated heterocycles. The Labute approximate surface area is 203 Å². The summed E-state index contributed by atoms with van der Waals surface area (Å²) >= 11 is 0. The van der Waals surface area contributed by atoms with E-state index >= 15 is 0 Å². The maximum absolute atomic E-state index is 14.1. The van der Waals surface area contributed by atoms with Gasteiger partial charge in [-0.2, -0.15) is 13.2 Å². The molecule has 0 bridgehead atoms. The van der Waals surface area contributed by atoms with Crippen molar-refractivity contribution in [1.29, 1.82) is 0 Å². The second-order valence-corrected chi connectivity index (χ2v) is 9.92. The SMILES string of the molecule is CC(C)(CC(O)(Cc1cc2ccncc2[nH]1)C(F)(F)F)c1cc(F)cc2c1OCC2.CCCCC. The van der Waals surface area contributed by atoms with E-state index in [1.165, 1.54) is 37.6 Å². The Morgan fingerprint density at radius 3 is 2.43 bits per heavy atom. The summed E-state index contributed by atoms with van der Waals surface area (Å²) in [4.78, 5) is 6.84. The van der Waals surface area contributed by atoms with E-state index in [2.05, 4.69) is 23.8 Å². The van der Waals surface area contributed by atoms with Crippen LogP contribution in [-0.4, -0.2) is 33.5 Å². The van der Waals surface area contributed by atoms with Crippen LogP contribution in [0.25, 0.3) is 10.9 Å². The first-order valence-electron chi connectivity index (χ1n) is 12.1. The second kappa shape index (κ2) is 10.6. The van der Waals surface area contributed by atoms with E-state index in [1.807, 2.05) is 0 Å². The standard InChI is InChI=1S/C22H22F4N2O2.C5H12/c1-20(2,17-9-15(23)7-14-4-6-30-19(14)17)12-21(29,22(24,25)26)10-16-8-13-3-5-27-11-18(13)28-16;1-3-5-4-2/h3,5,7-9,11,28-29H,4,6,10,12H2,1-2H3;3-5H2,1-2H3. The van der Waals surface area contributed by atoms with Crippen molar-refractivity contribution < 1.29 is 27.4 Å². The maximum Gasteiger partial charge on any atom is 0.417 e. The number of halogens is 4. The van der Waals surface area contributed by atoms with Gasteiger partial charge in [-0.3, -0.25) is 4.98 Å². The first-order chi connectivity index (χ1) is 16.4. The largest absolute Gasteiger partial charge is 0.493 e. The van der Waals surface area contributed by atoms with E-state index in [-0.39, 0.29) is 5.69 Å². The molecular formula is C27H34F4N2O2. The molecule has 4 rings (SSSR count). The summed E-state index contributed by atoms with van der Waals surface area (Å²) < 4.78 is 61.9. The molecule has 1 aliphatic rings. The third-order valence-corrected chi connectivity index (χ3v) is 6.41. The lowest BCUT2D eigenvalue weighted by molar-refractivity contribution is -0.266. The number of nitrogens with zero attached hydrogens (tertiary/aromatic N) is 1. The van der Waals surface area contributed by atoms with Crippen LogP contribution in [-0.2, 0) is 18.3 Å². The number of aliphatic hydroxyl groups is 1. The lowest BCUT2D eigenvalue weighted by Crippen LogP contribution is -2.51. The Kier molecular flexibility index (Phi) is 8.14. The molecule has 3 aromatic rings. The molecule has 0 saturated carbocycles. The molecule has 1 unspecified atom stereocenters. The number of unbranched alkanes of at least 4 members (excludes halogenated alkanes) is 2. The Balaban J connectivity index is 0.000000623. The highest BCUT2D eigenvalue weighted by molar-refractivity contribution is 5.79. The third kappa shape index (κ3) is 6.15. The number of nitrogens with one attached hydrogen (secondary N) is 1. The number of rotatable bonds is 7. The topological polar surface area (TPSA) is 58.1 Å². The molecule has 2 N–H and O–H groups in total. The third-order valence-electron chi connectivity index (χ3n) is 6.41. The zero-order chi connectivity index (χ0) is 25.9. The fourth-order valence-corrected chi connectivity index (χ4v) is 4.66. The molecule has 1 atom stereocenters. The van der Waals surface area contributed by atoms with Crippen molar-refractivity contribution in [2.24, 2.45) is 0 Å². The van der Waals surface area contributed by atoms with Crippen LogP contribution in [0.15, 0.2) is 36.7 Å². The molecule has 0 radical (unpaired) electrons. The van der Waals surface area contributed by atoms with Crippen molar-refractivity contribution >= 4 is 10.9 Å². The number of H-pyrrole nitrogens is 1. The van der Waals surface area contributed by atoms with Gasteiger partial charge in [0.15, 0.2) is 5.60 Å². The van der Waals surface area contributed by atoms with Crippen molar-refractivity contribution in [3.05, 3.63) is 59.3 Å². The molecule has 3 heterocycles. The van der Waals surface area contributed by atoms with Gasteiger partial charge < -0.3 is 14.8 Å². The molecule has 4 nitrogen and oxygen atoms in total. The number of fused-ring (bicyclic) bond motifs is 2. The summed E-state index contributed by atoms with van der Waals surface area (Å²) in [5.41, 5.74) is -2.42. The summed E-state index contributed by atoms with van der Waals surface area (Å²) in [6, 6.07) is 5.80. The molecule has 1 aromatic carbocycles. The number of ether oxygens (including phenoxy) is 1. The molecule has 0 fully saturated rings. The van der Waals surface area contributed by atoms with Crippen molar-refractivity contribution in [2.45, 2.75) is 83.4 Å². The number of aromatic amines is 1. The Morgan fingerprint density at radius 1 is 1.11 bits per heavy atom. The zero-order valence-electron chi connectivity index (χ0n) is 20.7. The normalized spacial score (nSPS) is 15.2. The van der Waals surface area contributed by atoms with E-state index in [1.54, 1.807) is 32.2 Å². The second-order valence-electron chi connectivity index (χ2n) is 9.92. The van der Waals surface area contributed by atoms with Gasteiger partial charge in [0.05, 0.1) is 18.3 Å². The van der Waals surface area contributed by atoms with E-state index in [4.69, 9.17) is 4.74 Å². The van der Waals surface area contributed by atoms with Gasteiger partial charge in [-0.1, -0.05) is 47.0 Å². The van der Waals surface area contributed by atoms with Gasteiger partial charge in [-0.25, -0.2) is 4.39 Å². The van der Waals surface area contributed by atoms with Crippen molar-refractivity contribution in [2.75, 3.05) is 6.61 Å². The van der Waals surface area contributed by atoms with Gasteiger partial charge in [0.1, 0.15) is 11.6 Å². The first kappa shape index (κ1) is 27.0.